The molecule has 1 aromatic heterocycles. The van der Waals surface area contributed by atoms with Gasteiger partial charge < -0.3 is 5.73 Å². The van der Waals surface area contributed by atoms with Gasteiger partial charge in [-0.05, 0) is 40.5 Å². The van der Waals surface area contributed by atoms with Gasteiger partial charge in [-0.25, -0.2) is 9.07 Å². The van der Waals surface area contributed by atoms with E-state index < -0.39 is 0 Å². The summed E-state index contributed by atoms with van der Waals surface area (Å²) in [7, 11) is 0. The summed E-state index contributed by atoms with van der Waals surface area (Å²) in [6.07, 6.45) is 0. The summed E-state index contributed by atoms with van der Waals surface area (Å²) in [5.41, 5.74) is 7.67. The van der Waals surface area contributed by atoms with E-state index in [9.17, 15) is 4.39 Å². The van der Waals surface area contributed by atoms with Crippen LogP contribution in [0.4, 0.5) is 10.2 Å². The van der Waals surface area contributed by atoms with Gasteiger partial charge in [-0.1, -0.05) is 12.1 Å². The first kappa shape index (κ1) is 11.1. The van der Waals surface area contributed by atoms with Gasteiger partial charge in [0.05, 0.1) is 16.7 Å². The van der Waals surface area contributed by atoms with Crippen LogP contribution in [-0.4, -0.2) is 9.78 Å². The molecule has 1 aromatic carbocycles. The fourth-order valence-corrected chi connectivity index (χ4v) is 1.74. The second-order valence-electron chi connectivity index (χ2n) is 3.57. The van der Waals surface area contributed by atoms with Crippen LogP contribution in [0.5, 0.6) is 0 Å². The molecule has 2 rings (SSSR count). The zero-order chi connectivity index (χ0) is 11.7. The number of hydrogen-bond acceptors (Lipinski definition) is 2. The first-order chi connectivity index (χ1) is 7.58. The SMILES string of the molecule is Cc1nn(Cc2ccc(F)cc2)c(N)c1Br. The molecule has 0 saturated carbocycles. The minimum Gasteiger partial charge on any atom is -0.383 e. The number of aromatic nitrogens is 2. The van der Waals surface area contributed by atoms with Crippen molar-refractivity contribution in [3.8, 4) is 0 Å². The van der Waals surface area contributed by atoms with Crippen molar-refractivity contribution in [1.82, 2.24) is 9.78 Å². The summed E-state index contributed by atoms with van der Waals surface area (Å²) in [5, 5.41) is 4.28. The number of halogens is 2. The Bertz CT molecular complexity index is 505. The van der Waals surface area contributed by atoms with Crippen molar-refractivity contribution in [3.63, 3.8) is 0 Å². The molecule has 1 heterocycles. The smallest absolute Gasteiger partial charge is 0.136 e. The Morgan fingerprint density at radius 3 is 2.50 bits per heavy atom. The lowest BCUT2D eigenvalue weighted by molar-refractivity contribution is 0.624. The minimum absolute atomic E-state index is 0.241. The third-order valence-corrected chi connectivity index (χ3v) is 3.32. The third-order valence-electron chi connectivity index (χ3n) is 2.34. The molecule has 84 valence electrons. The largest absolute Gasteiger partial charge is 0.383 e. The Balaban J connectivity index is 2.27. The highest BCUT2D eigenvalue weighted by molar-refractivity contribution is 9.10. The van der Waals surface area contributed by atoms with E-state index in [2.05, 4.69) is 21.0 Å². The van der Waals surface area contributed by atoms with Gasteiger partial charge in [-0.3, -0.25) is 0 Å². The van der Waals surface area contributed by atoms with Gasteiger partial charge in [0, 0.05) is 0 Å². The maximum atomic E-state index is 12.7. The van der Waals surface area contributed by atoms with E-state index in [1.54, 1.807) is 16.8 Å². The number of benzene rings is 1. The number of nitrogen functional groups attached to an aromatic ring is 1. The third kappa shape index (κ3) is 2.09. The molecule has 0 atom stereocenters. The molecule has 5 heteroatoms. The molecule has 0 aliphatic heterocycles. The molecular weight excluding hydrogens is 273 g/mol. The molecule has 0 saturated heterocycles. The molecule has 2 aromatic rings. The van der Waals surface area contributed by atoms with Gasteiger partial charge in [0.15, 0.2) is 0 Å². The highest BCUT2D eigenvalue weighted by Crippen LogP contribution is 2.23. The highest BCUT2D eigenvalue weighted by atomic mass is 79.9. The van der Waals surface area contributed by atoms with Crippen LogP contribution in [0.15, 0.2) is 28.7 Å². The van der Waals surface area contributed by atoms with E-state index in [-0.39, 0.29) is 5.82 Å². The van der Waals surface area contributed by atoms with Gasteiger partial charge in [0.25, 0.3) is 0 Å². The summed E-state index contributed by atoms with van der Waals surface area (Å²) < 4.78 is 15.2. The minimum atomic E-state index is -0.241. The van der Waals surface area contributed by atoms with Gasteiger partial charge in [0.2, 0.25) is 0 Å². The van der Waals surface area contributed by atoms with Crippen molar-refractivity contribution < 1.29 is 4.39 Å². The maximum absolute atomic E-state index is 12.7. The number of nitrogens with two attached hydrogens (primary N) is 1. The first-order valence-electron chi connectivity index (χ1n) is 4.81. The van der Waals surface area contributed by atoms with Crippen molar-refractivity contribution in [2.24, 2.45) is 0 Å². The molecule has 2 N–H and O–H groups in total. The average Bonchev–Trinajstić information content (AvgIpc) is 2.50. The molecule has 0 aliphatic carbocycles. The molecule has 0 bridgehead atoms. The van der Waals surface area contributed by atoms with Crippen LogP contribution in [0.2, 0.25) is 0 Å². The maximum Gasteiger partial charge on any atom is 0.136 e. The quantitative estimate of drug-likeness (QED) is 0.921. The second kappa shape index (κ2) is 4.25. The summed E-state index contributed by atoms with van der Waals surface area (Å²) >= 11 is 3.36. The zero-order valence-electron chi connectivity index (χ0n) is 8.74. The van der Waals surface area contributed by atoms with Crippen molar-refractivity contribution in [1.29, 1.82) is 0 Å². The van der Waals surface area contributed by atoms with E-state index in [1.807, 2.05) is 6.92 Å². The van der Waals surface area contributed by atoms with Crippen LogP contribution in [0.1, 0.15) is 11.3 Å². The second-order valence-corrected chi connectivity index (χ2v) is 4.36. The summed E-state index contributed by atoms with van der Waals surface area (Å²) in [6.45, 7) is 2.42. The number of rotatable bonds is 2. The molecule has 0 unspecified atom stereocenters. The molecule has 0 amide bonds. The monoisotopic (exact) mass is 283 g/mol. The zero-order valence-corrected chi connectivity index (χ0v) is 10.3. The predicted octanol–water partition coefficient (Wildman–Crippen LogP) is 2.72. The number of aryl methyl sites for hydroxylation is 1. The topological polar surface area (TPSA) is 43.8 Å². The molecular formula is C11H11BrFN3. The van der Waals surface area contributed by atoms with E-state index in [0.717, 1.165) is 15.7 Å². The fraction of sp³-hybridized carbons (Fsp3) is 0.182. The van der Waals surface area contributed by atoms with Gasteiger partial charge in [-0.2, -0.15) is 5.10 Å². The van der Waals surface area contributed by atoms with Gasteiger partial charge in [0.1, 0.15) is 11.6 Å². The normalized spacial score (nSPS) is 10.7. The predicted molar refractivity (Wildman–Crippen MR) is 64.6 cm³/mol. The van der Waals surface area contributed by atoms with Crippen LogP contribution in [0, 0.1) is 12.7 Å². The standard InChI is InChI=1S/C11H11BrFN3/c1-7-10(12)11(14)16(15-7)6-8-2-4-9(13)5-3-8/h2-5H,6,14H2,1H3. The van der Waals surface area contributed by atoms with E-state index >= 15 is 0 Å². The summed E-state index contributed by atoms with van der Waals surface area (Å²) in [6, 6.07) is 6.30. The number of anilines is 1. The number of hydrogen-bond donors (Lipinski definition) is 1. The lowest BCUT2D eigenvalue weighted by Gasteiger charge is -2.04. The molecule has 3 nitrogen and oxygen atoms in total. The lowest BCUT2D eigenvalue weighted by atomic mass is 10.2. The fourth-order valence-electron chi connectivity index (χ4n) is 1.46. The molecule has 0 fully saturated rings. The summed E-state index contributed by atoms with van der Waals surface area (Å²) in [4.78, 5) is 0. The lowest BCUT2D eigenvalue weighted by Crippen LogP contribution is -2.06. The molecule has 0 spiro atoms. The Kier molecular flexibility index (Phi) is 2.96. The Hall–Kier alpha value is -1.36. The van der Waals surface area contributed by atoms with Crippen LogP contribution in [-0.2, 0) is 6.54 Å². The van der Waals surface area contributed by atoms with Crippen LogP contribution in [0.25, 0.3) is 0 Å². The van der Waals surface area contributed by atoms with E-state index in [4.69, 9.17) is 5.73 Å². The van der Waals surface area contributed by atoms with E-state index in [1.165, 1.54) is 12.1 Å². The average molecular weight is 284 g/mol. The molecule has 16 heavy (non-hydrogen) atoms. The molecule has 0 aliphatic rings. The van der Waals surface area contributed by atoms with Gasteiger partial charge >= 0.3 is 0 Å². The van der Waals surface area contributed by atoms with Gasteiger partial charge in [-0.15, -0.1) is 0 Å². The van der Waals surface area contributed by atoms with Crippen LogP contribution < -0.4 is 5.73 Å². The highest BCUT2D eigenvalue weighted by Gasteiger charge is 2.09. The Labute approximate surface area is 101 Å². The van der Waals surface area contributed by atoms with Crippen molar-refractivity contribution in [2.45, 2.75) is 13.5 Å². The van der Waals surface area contributed by atoms with Crippen LogP contribution >= 0.6 is 15.9 Å². The summed E-state index contributed by atoms with van der Waals surface area (Å²) in [5.74, 6) is 0.344. The van der Waals surface area contributed by atoms with Crippen LogP contribution in [0.3, 0.4) is 0 Å². The van der Waals surface area contributed by atoms with Crippen molar-refractivity contribution in [3.05, 3.63) is 45.8 Å². The van der Waals surface area contributed by atoms with E-state index in [0.29, 0.717) is 12.4 Å². The Morgan fingerprint density at radius 2 is 2.00 bits per heavy atom. The van der Waals surface area contributed by atoms with Crippen molar-refractivity contribution >= 4 is 21.7 Å². The van der Waals surface area contributed by atoms with Crippen molar-refractivity contribution in [2.75, 3.05) is 5.73 Å². The Morgan fingerprint density at radius 1 is 1.38 bits per heavy atom. The first-order valence-corrected chi connectivity index (χ1v) is 5.60. The number of nitrogens with zero attached hydrogens (tertiary/aromatic N) is 2. The molecule has 0 radical (unpaired) electrons.